The van der Waals surface area contributed by atoms with Crippen LogP contribution >= 0.6 is 0 Å². The quantitative estimate of drug-likeness (QED) is 0.461. The molecule has 0 heterocycles. The van der Waals surface area contributed by atoms with Crippen molar-refractivity contribution in [2.45, 2.75) is 20.0 Å². The van der Waals surface area contributed by atoms with Crippen molar-refractivity contribution in [1.82, 2.24) is 0 Å². The molecule has 0 spiro atoms. The highest BCUT2D eigenvalue weighted by Gasteiger charge is 2.20. The van der Waals surface area contributed by atoms with Gasteiger partial charge in [-0.05, 0) is 49.8 Å². The first-order valence-electron chi connectivity index (χ1n) is 8.45. The third-order valence-corrected chi connectivity index (χ3v) is 3.54. The summed E-state index contributed by atoms with van der Waals surface area (Å²) in [6.45, 7) is 3.88. The van der Waals surface area contributed by atoms with Crippen LogP contribution in [0.5, 0.6) is 5.75 Å². The number of nitriles is 1. The molecule has 0 saturated carbocycles. The first kappa shape index (κ1) is 19.7. The van der Waals surface area contributed by atoms with Crippen LogP contribution in [0, 0.1) is 11.3 Å². The largest absolute Gasteiger partial charge is 0.494 e. The van der Waals surface area contributed by atoms with E-state index >= 15 is 0 Å². The van der Waals surface area contributed by atoms with Crippen molar-refractivity contribution in [2.24, 2.45) is 0 Å². The fraction of sp³-hybridized carbons (Fsp3) is 0.190. The van der Waals surface area contributed by atoms with Crippen molar-refractivity contribution in [3.63, 3.8) is 0 Å². The minimum Gasteiger partial charge on any atom is -0.494 e. The van der Waals surface area contributed by atoms with Crippen molar-refractivity contribution in [3.8, 4) is 11.8 Å². The molecular weight excluding hydrogens is 344 g/mol. The predicted octanol–water partition coefficient (Wildman–Crippen LogP) is 3.56. The van der Waals surface area contributed by atoms with E-state index < -0.39 is 18.0 Å². The fourth-order valence-electron chi connectivity index (χ4n) is 2.17. The van der Waals surface area contributed by atoms with E-state index in [0.29, 0.717) is 23.6 Å². The Balaban J connectivity index is 2.01. The van der Waals surface area contributed by atoms with Crippen molar-refractivity contribution in [3.05, 3.63) is 65.7 Å². The molecule has 0 aliphatic heterocycles. The molecule has 2 aromatic carbocycles. The molecule has 2 rings (SSSR count). The van der Waals surface area contributed by atoms with E-state index in [1.165, 1.54) is 13.0 Å². The number of carbonyl (C=O) groups is 2. The number of rotatable bonds is 7. The SMILES string of the molecule is CCOc1ccc(/C=C(\C#N)C(=O)O[C@@H](C)C(=O)Nc2ccccc2)cc1. The second-order valence-corrected chi connectivity index (χ2v) is 5.57. The average Bonchev–Trinajstić information content (AvgIpc) is 2.68. The first-order chi connectivity index (χ1) is 13.0. The zero-order valence-corrected chi connectivity index (χ0v) is 15.1. The summed E-state index contributed by atoms with van der Waals surface area (Å²) in [6, 6.07) is 17.6. The van der Waals surface area contributed by atoms with Gasteiger partial charge in [-0.1, -0.05) is 30.3 Å². The Bertz CT molecular complexity index is 852. The van der Waals surface area contributed by atoms with Crippen molar-refractivity contribution >= 4 is 23.6 Å². The van der Waals surface area contributed by atoms with Crippen LogP contribution < -0.4 is 10.1 Å². The summed E-state index contributed by atoms with van der Waals surface area (Å²) < 4.78 is 10.5. The second-order valence-electron chi connectivity index (χ2n) is 5.57. The molecule has 1 N–H and O–H groups in total. The van der Waals surface area contributed by atoms with Gasteiger partial charge >= 0.3 is 5.97 Å². The minimum absolute atomic E-state index is 0.196. The molecule has 0 aliphatic carbocycles. The number of nitrogens with zero attached hydrogens (tertiary/aromatic N) is 1. The molecule has 1 atom stereocenters. The molecule has 0 unspecified atom stereocenters. The molecule has 0 aromatic heterocycles. The Morgan fingerprint density at radius 3 is 2.41 bits per heavy atom. The summed E-state index contributed by atoms with van der Waals surface area (Å²) in [4.78, 5) is 24.3. The third kappa shape index (κ3) is 6.01. The summed E-state index contributed by atoms with van der Waals surface area (Å²) in [6.07, 6.45) is 0.356. The molecule has 2 aromatic rings. The minimum atomic E-state index is -1.05. The molecular formula is C21H20N2O4. The molecule has 0 fully saturated rings. The van der Waals surface area contributed by atoms with E-state index in [0.717, 1.165) is 0 Å². The Morgan fingerprint density at radius 2 is 1.81 bits per heavy atom. The number of amides is 1. The van der Waals surface area contributed by atoms with E-state index in [4.69, 9.17) is 9.47 Å². The van der Waals surface area contributed by atoms with E-state index in [9.17, 15) is 14.9 Å². The second kappa shape index (κ2) is 9.78. The number of hydrogen-bond donors (Lipinski definition) is 1. The molecule has 0 bridgehead atoms. The number of para-hydroxylation sites is 1. The van der Waals surface area contributed by atoms with Gasteiger partial charge in [0.2, 0.25) is 0 Å². The van der Waals surface area contributed by atoms with E-state index in [1.807, 2.05) is 19.1 Å². The van der Waals surface area contributed by atoms with Crippen LogP contribution in [0.25, 0.3) is 6.08 Å². The van der Waals surface area contributed by atoms with Gasteiger partial charge in [-0.2, -0.15) is 5.26 Å². The summed E-state index contributed by atoms with van der Waals surface area (Å²) in [5.74, 6) is -0.642. The predicted molar refractivity (Wildman–Crippen MR) is 102 cm³/mol. The van der Waals surface area contributed by atoms with Gasteiger partial charge in [0, 0.05) is 5.69 Å². The number of anilines is 1. The summed E-state index contributed by atoms with van der Waals surface area (Å²) in [5, 5.41) is 11.9. The van der Waals surface area contributed by atoms with Gasteiger partial charge < -0.3 is 14.8 Å². The Labute approximate surface area is 158 Å². The smallest absolute Gasteiger partial charge is 0.349 e. The molecule has 0 radical (unpaired) electrons. The molecule has 0 aliphatic rings. The maximum absolute atomic E-state index is 12.2. The van der Waals surface area contributed by atoms with Gasteiger partial charge in [0.25, 0.3) is 5.91 Å². The lowest BCUT2D eigenvalue weighted by Crippen LogP contribution is -2.30. The molecule has 6 nitrogen and oxygen atoms in total. The summed E-state index contributed by atoms with van der Waals surface area (Å²) in [7, 11) is 0. The number of carbonyl (C=O) groups excluding carboxylic acids is 2. The van der Waals surface area contributed by atoms with Crippen LogP contribution in [0.15, 0.2) is 60.2 Å². The summed E-state index contributed by atoms with van der Waals surface area (Å²) in [5.41, 5.74) is 1.04. The lowest BCUT2D eigenvalue weighted by molar-refractivity contribution is -0.148. The van der Waals surface area contributed by atoms with Crippen LogP contribution in [0.4, 0.5) is 5.69 Å². The zero-order chi connectivity index (χ0) is 19.6. The molecule has 138 valence electrons. The third-order valence-electron chi connectivity index (χ3n) is 3.54. The van der Waals surface area contributed by atoms with Crippen LogP contribution in [0.1, 0.15) is 19.4 Å². The van der Waals surface area contributed by atoms with Gasteiger partial charge in [-0.15, -0.1) is 0 Å². The number of nitrogens with one attached hydrogen (secondary N) is 1. The number of benzene rings is 2. The van der Waals surface area contributed by atoms with Gasteiger partial charge in [0.05, 0.1) is 6.61 Å². The maximum Gasteiger partial charge on any atom is 0.349 e. The van der Waals surface area contributed by atoms with Crippen molar-refractivity contribution < 1.29 is 19.1 Å². The lowest BCUT2D eigenvalue weighted by Gasteiger charge is -2.13. The van der Waals surface area contributed by atoms with Crippen LogP contribution in [0.3, 0.4) is 0 Å². The fourth-order valence-corrected chi connectivity index (χ4v) is 2.17. The number of ether oxygens (including phenoxy) is 2. The number of hydrogen-bond acceptors (Lipinski definition) is 5. The zero-order valence-electron chi connectivity index (χ0n) is 15.1. The highest BCUT2D eigenvalue weighted by Crippen LogP contribution is 2.15. The first-order valence-corrected chi connectivity index (χ1v) is 8.45. The van der Waals surface area contributed by atoms with Gasteiger partial charge in [0.15, 0.2) is 6.10 Å². The lowest BCUT2D eigenvalue weighted by atomic mass is 10.1. The standard InChI is InChI=1S/C21H20N2O4/c1-3-26-19-11-9-16(10-12-19)13-17(14-22)21(25)27-15(2)20(24)23-18-7-5-4-6-8-18/h4-13,15H,3H2,1-2H3,(H,23,24)/b17-13+/t15-/m0/s1. The van der Waals surface area contributed by atoms with Gasteiger partial charge in [-0.3, -0.25) is 4.79 Å². The molecule has 1 amide bonds. The number of esters is 1. The molecule has 27 heavy (non-hydrogen) atoms. The highest BCUT2D eigenvalue weighted by molar-refractivity contribution is 6.01. The molecule has 6 heteroatoms. The average molecular weight is 364 g/mol. The van der Waals surface area contributed by atoms with Crippen LogP contribution in [-0.4, -0.2) is 24.6 Å². The van der Waals surface area contributed by atoms with Crippen molar-refractivity contribution in [2.75, 3.05) is 11.9 Å². The van der Waals surface area contributed by atoms with E-state index in [-0.39, 0.29) is 5.57 Å². The van der Waals surface area contributed by atoms with E-state index in [2.05, 4.69) is 5.32 Å². The van der Waals surface area contributed by atoms with Crippen LogP contribution in [0.2, 0.25) is 0 Å². The van der Waals surface area contributed by atoms with Gasteiger partial charge in [0.1, 0.15) is 17.4 Å². The van der Waals surface area contributed by atoms with Crippen LogP contribution in [-0.2, 0) is 14.3 Å². The normalized spacial score (nSPS) is 11.8. The topological polar surface area (TPSA) is 88.4 Å². The maximum atomic E-state index is 12.2. The summed E-state index contributed by atoms with van der Waals surface area (Å²) >= 11 is 0. The Kier molecular flexibility index (Phi) is 7.15. The van der Waals surface area contributed by atoms with E-state index in [1.54, 1.807) is 48.5 Å². The van der Waals surface area contributed by atoms with Crippen molar-refractivity contribution in [1.29, 1.82) is 5.26 Å². The Hall–Kier alpha value is -3.59. The monoisotopic (exact) mass is 364 g/mol. The Morgan fingerprint density at radius 1 is 1.15 bits per heavy atom. The highest BCUT2D eigenvalue weighted by atomic mass is 16.5. The molecule has 0 saturated heterocycles. The van der Waals surface area contributed by atoms with Gasteiger partial charge in [-0.25, -0.2) is 4.79 Å².